The van der Waals surface area contributed by atoms with Gasteiger partial charge < -0.3 is 5.32 Å². The Morgan fingerprint density at radius 1 is 1.19 bits per heavy atom. The summed E-state index contributed by atoms with van der Waals surface area (Å²) in [4.78, 5) is 11.5. The summed E-state index contributed by atoms with van der Waals surface area (Å²) in [5.74, 6) is 0.805. The molecule has 1 N–H and O–H groups in total. The predicted molar refractivity (Wildman–Crippen MR) is 88.2 cm³/mol. The van der Waals surface area contributed by atoms with Crippen molar-refractivity contribution in [1.82, 2.24) is 9.97 Å². The van der Waals surface area contributed by atoms with Crippen LogP contribution in [0.3, 0.4) is 0 Å². The first kappa shape index (κ1) is 13.0. The van der Waals surface area contributed by atoms with Crippen molar-refractivity contribution >= 4 is 39.7 Å². The first-order valence-electron chi connectivity index (χ1n) is 7.06. The second-order valence-electron chi connectivity index (χ2n) is 5.23. The third-order valence-electron chi connectivity index (χ3n) is 3.80. The smallest absolute Gasteiger partial charge is 0.224 e. The molecular weight excluding hydrogens is 302 g/mol. The number of fused-ring (bicyclic) bond motifs is 2. The molecule has 1 aliphatic carbocycles. The van der Waals surface area contributed by atoms with Crippen molar-refractivity contribution in [2.24, 2.45) is 0 Å². The van der Waals surface area contributed by atoms with Crippen molar-refractivity contribution in [1.29, 1.82) is 0 Å². The molecule has 0 aliphatic heterocycles. The summed E-state index contributed by atoms with van der Waals surface area (Å²) in [5.41, 5.74) is 2.40. The molecule has 21 heavy (non-hydrogen) atoms. The van der Waals surface area contributed by atoms with Gasteiger partial charge in [0.15, 0.2) is 0 Å². The average Bonchev–Trinajstić information content (AvgIpc) is 3.05. The molecule has 2 heterocycles. The molecule has 0 amide bonds. The average molecular weight is 316 g/mol. The van der Waals surface area contributed by atoms with Crippen LogP contribution in [0.2, 0.25) is 5.28 Å². The van der Waals surface area contributed by atoms with Crippen LogP contribution in [0.1, 0.15) is 21.7 Å². The van der Waals surface area contributed by atoms with Gasteiger partial charge in [0.2, 0.25) is 5.28 Å². The van der Waals surface area contributed by atoms with E-state index in [1.54, 1.807) is 4.88 Å². The van der Waals surface area contributed by atoms with E-state index in [1.807, 2.05) is 35.6 Å². The summed E-state index contributed by atoms with van der Waals surface area (Å²) >= 11 is 7.92. The fraction of sp³-hybridized carbons (Fsp3) is 0.250. The Hall–Kier alpha value is -1.65. The molecule has 2 aromatic heterocycles. The molecule has 5 heteroatoms. The van der Waals surface area contributed by atoms with Gasteiger partial charge in [0.25, 0.3) is 0 Å². The minimum atomic E-state index is 0.282. The number of nitrogens with one attached hydrogen (secondary N) is 1. The first-order valence-corrected chi connectivity index (χ1v) is 8.26. The second-order valence-corrected chi connectivity index (χ2v) is 6.79. The van der Waals surface area contributed by atoms with Gasteiger partial charge in [0, 0.05) is 15.1 Å². The van der Waals surface area contributed by atoms with Gasteiger partial charge in [-0.25, -0.2) is 9.97 Å². The van der Waals surface area contributed by atoms with Gasteiger partial charge in [-0.15, -0.1) is 11.3 Å². The molecule has 1 aliphatic rings. The van der Waals surface area contributed by atoms with Crippen LogP contribution in [0, 0.1) is 0 Å². The SMILES string of the molecule is Clc1nc(NCc2cc3c(s2)CCC3)c2ccccc2n1. The maximum absolute atomic E-state index is 6.01. The van der Waals surface area contributed by atoms with Crippen molar-refractivity contribution in [3.05, 3.63) is 50.9 Å². The third-order valence-corrected chi connectivity index (χ3v) is 5.21. The largest absolute Gasteiger partial charge is 0.365 e. The van der Waals surface area contributed by atoms with E-state index in [9.17, 15) is 0 Å². The number of hydrogen-bond donors (Lipinski definition) is 1. The summed E-state index contributed by atoms with van der Waals surface area (Å²) in [5, 5.41) is 4.70. The number of benzene rings is 1. The molecule has 3 nitrogen and oxygen atoms in total. The topological polar surface area (TPSA) is 37.8 Å². The van der Waals surface area contributed by atoms with Gasteiger partial charge in [0.05, 0.1) is 12.1 Å². The van der Waals surface area contributed by atoms with Gasteiger partial charge in [-0.1, -0.05) is 12.1 Å². The van der Waals surface area contributed by atoms with Crippen LogP contribution in [-0.4, -0.2) is 9.97 Å². The van der Waals surface area contributed by atoms with E-state index in [1.165, 1.54) is 29.7 Å². The lowest BCUT2D eigenvalue weighted by Crippen LogP contribution is -2.02. The van der Waals surface area contributed by atoms with E-state index in [2.05, 4.69) is 21.4 Å². The Kier molecular flexibility index (Phi) is 3.28. The number of halogens is 1. The van der Waals surface area contributed by atoms with E-state index >= 15 is 0 Å². The molecule has 106 valence electrons. The van der Waals surface area contributed by atoms with Gasteiger partial charge in [-0.3, -0.25) is 0 Å². The zero-order valence-corrected chi connectivity index (χ0v) is 13.0. The van der Waals surface area contributed by atoms with E-state index < -0.39 is 0 Å². The van der Waals surface area contributed by atoms with E-state index in [0.29, 0.717) is 0 Å². The Balaban J connectivity index is 1.61. The van der Waals surface area contributed by atoms with E-state index in [-0.39, 0.29) is 5.28 Å². The van der Waals surface area contributed by atoms with Gasteiger partial charge in [-0.05, 0) is 54.6 Å². The summed E-state index contributed by atoms with van der Waals surface area (Å²) in [6.45, 7) is 0.787. The summed E-state index contributed by atoms with van der Waals surface area (Å²) in [7, 11) is 0. The zero-order valence-electron chi connectivity index (χ0n) is 11.4. The fourth-order valence-corrected chi connectivity index (χ4v) is 4.21. The highest BCUT2D eigenvalue weighted by atomic mass is 35.5. The number of aromatic nitrogens is 2. The maximum atomic E-state index is 6.01. The highest BCUT2D eigenvalue weighted by Gasteiger charge is 2.15. The molecule has 0 atom stereocenters. The standard InChI is InChI=1S/C16H14ClN3S/c17-16-19-13-6-2-1-5-12(13)15(20-16)18-9-11-8-10-4-3-7-14(10)21-11/h1-2,5-6,8H,3-4,7,9H2,(H,18,19,20). The Labute approximate surface area is 132 Å². The third kappa shape index (κ3) is 2.49. The van der Waals surface area contributed by atoms with E-state index in [0.717, 1.165) is 23.3 Å². The summed E-state index contributed by atoms with van der Waals surface area (Å²) < 4.78 is 0. The molecule has 1 aromatic carbocycles. The number of thiophene rings is 1. The summed E-state index contributed by atoms with van der Waals surface area (Å²) in [6, 6.07) is 10.2. The van der Waals surface area contributed by atoms with Crippen molar-refractivity contribution < 1.29 is 0 Å². The molecular formula is C16H14ClN3S. The number of hydrogen-bond acceptors (Lipinski definition) is 4. The van der Waals surface area contributed by atoms with Crippen LogP contribution in [-0.2, 0) is 19.4 Å². The Bertz CT molecular complexity index is 791. The molecule has 0 spiro atoms. The highest BCUT2D eigenvalue weighted by molar-refractivity contribution is 7.12. The molecule has 0 saturated carbocycles. The second kappa shape index (κ2) is 5.28. The van der Waals surface area contributed by atoms with Crippen LogP contribution in [0.5, 0.6) is 0 Å². The maximum Gasteiger partial charge on any atom is 0.224 e. The Morgan fingerprint density at radius 2 is 2.10 bits per heavy atom. The minimum absolute atomic E-state index is 0.282. The number of aryl methyl sites for hydroxylation is 2. The lowest BCUT2D eigenvalue weighted by Gasteiger charge is -2.08. The van der Waals surface area contributed by atoms with Crippen LogP contribution in [0.4, 0.5) is 5.82 Å². The fourth-order valence-electron chi connectivity index (χ4n) is 2.83. The zero-order chi connectivity index (χ0) is 14.2. The van der Waals surface area contributed by atoms with Crippen molar-refractivity contribution in [3.8, 4) is 0 Å². The number of rotatable bonds is 3. The molecule has 0 radical (unpaired) electrons. The van der Waals surface area contributed by atoms with Crippen molar-refractivity contribution in [2.45, 2.75) is 25.8 Å². The summed E-state index contributed by atoms with van der Waals surface area (Å²) in [6.07, 6.45) is 3.78. The predicted octanol–water partition coefficient (Wildman–Crippen LogP) is 4.45. The quantitative estimate of drug-likeness (QED) is 0.726. The molecule has 3 aromatic rings. The molecule has 0 unspecified atom stereocenters. The lowest BCUT2D eigenvalue weighted by molar-refractivity contribution is 0.913. The highest BCUT2D eigenvalue weighted by Crippen LogP contribution is 2.31. The molecule has 0 saturated heterocycles. The van der Waals surface area contributed by atoms with Crippen molar-refractivity contribution in [3.63, 3.8) is 0 Å². The van der Waals surface area contributed by atoms with Crippen LogP contribution in [0.25, 0.3) is 10.9 Å². The van der Waals surface area contributed by atoms with Crippen LogP contribution >= 0.6 is 22.9 Å². The first-order chi connectivity index (χ1) is 10.3. The van der Waals surface area contributed by atoms with Gasteiger partial charge in [-0.2, -0.15) is 0 Å². The number of anilines is 1. The Morgan fingerprint density at radius 3 is 3.00 bits per heavy atom. The van der Waals surface area contributed by atoms with Crippen molar-refractivity contribution in [2.75, 3.05) is 5.32 Å². The van der Waals surface area contributed by atoms with Crippen LogP contribution in [0.15, 0.2) is 30.3 Å². The minimum Gasteiger partial charge on any atom is -0.365 e. The van der Waals surface area contributed by atoms with Gasteiger partial charge in [0.1, 0.15) is 5.82 Å². The van der Waals surface area contributed by atoms with Gasteiger partial charge >= 0.3 is 0 Å². The number of para-hydroxylation sites is 1. The molecule has 4 rings (SSSR count). The monoisotopic (exact) mass is 315 g/mol. The lowest BCUT2D eigenvalue weighted by atomic mass is 10.2. The number of nitrogens with zero attached hydrogens (tertiary/aromatic N) is 2. The molecule has 0 bridgehead atoms. The normalized spacial score (nSPS) is 13.6. The molecule has 0 fully saturated rings. The van der Waals surface area contributed by atoms with E-state index in [4.69, 9.17) is 11.6 Å². The van der Waals surface area contributed by atoms with Crippen LogP contribution < -0.4 is 5.32 Å².